The van der Waals surface area contributed by atoms with E-state index in [0.29, 0.717) is 12.1 Å². The summed E-state index contributed by atoms with van der Waals surface area (Å²) in [5.74, 6) is 0.903. The summed E-state index contributed by atoms with van der Waals surface area (Å²) in [5, 5.41) is 11.1. The second kappa shape index (κ2) is 12.1. The largest absolute Gasteiger partial charge is 0.357 e. The maximum atomic E-state index is 4.78. The van der Waals surface area contributed by atoms with Crippen LogP contribution in [0.3, 0.4) is 0 Å². The fourth-order valence-corrected chi connectivity index (χ4v) is 3.04. The third-order valence-corrected chi connectivity index (χ3v) is 4.07. The van der Waals surface area contributed by atoms with Crippen molar-refractivity contribution in [2.75, 3.05) is 26.2 Å². The summed E-state index contributed by atoms with van der Waals surface area (Å²) in [4.78, 5) is 7.25. The molecule has 1 heterocycles. The highest BCUT2D eigenvalue weighted by Crippen LogP contribution is 2.23. The standard InChI is InChI=1S/C16H30N4S.HI/c1-6-17-16(19-13(4)5)18-11-15(20(7-2)8-3)14-9-10-21-12-14;/h9-10,12-13,15H,6-8,11H2,1-5H3,(H2,17,18,19);1H. The van der Waals surface area contributed by atoms with Crippen LogP contribution in [-0.2, 0) is 0 Å². The third-order valence-electron chi connectivity index (χ3n) is 3.37. The van der Waals surface area contributed by atoms with Gasteiger partial charge in [-0.25, -0.2) is 0 Å². The molecule has 0 aliphatic carbocycles. The first-order chi connectivity index (χ1) is 10.1. The molecule has 1 aromatic rings. The number of aliphatic imine (C=N–C) groups is 1. The Kier molecular flexibility index (Phi) is 11.9. The fourth-order valence-electron chi connectivity index (χ4n) is 2.33. The maximum Gasteiger partial charge on any atom is 0.191 e. The zero-order valence-corrected chi connectivity index (χ0v) is 17.6. The molecule has 0 saturated carbocycles. The van der Waals surface area contributed by atoms with Crippen LogP contribution in [-0.4, -0.2) is 43.1 Å². The Bertz CT molecular complexity index is 402. The smallest absolute Gasteiger partial charge is 0.191 e. The van der Waals surface area contributed by atoms with Gasteiger partial charge in [0.05, 0.1) is 12.6 Å². The molecular weight excluding hydrogens is 407 g/mol. The number of hydrogen-bond donors (Lipinski definition) is 2. The summed E-state index contributed by atoms with van der Waals surface area (Å²) in [6.07, 6.45) is 0. The molecular formula is C16H31IN4S. The third kappa shape index (κ3) is 7.28. The van der Waals surface area contributed by atoms with Gasteiger partial charge in [0.2, 0.25) is 0 Å². The maximum absolute atomic E-state index is 4.78. The van der Waals surface area contributed by atoms with E-state index in [0.717, 1.165) is 32.1 Å². The topological polar surface area (TPSA) is 39.7 Å². The average Bonchev–Trinajstić information content (AvgIpc) is 2.96. The Labute approximate surface area is 156 Å². The van der Waals surface area contributed by atoms with Crippen molar-refractivity contribution in [1.82, 2.24) is 15.5 Å². The number of thiophene rings is 1. The van der Waals surface area contributed by atoms with Crippen LogP contribution in [0.25, 0.3) is 0 Å². The lowest BCUT2D eigenvalue weighted by Crippen LogP contribution is -2.41. The SMILES string of the molecule is CCNC(=NCC(c1ccsc1)N(CC)CC)NC(C)C.I. The monoisotopic (exact) mass is 438 g/mol. The summed E-state index contributed by atoms with van der Waals surface area (Å²) in [7, 11) is 0. The van der Waals surface area contributed by atoms with E-state index in [1.807, 2.05) is 0 Å². The normalized spacial score (nSPS) is 13.1. The molecule has 0 amide bonds. The predicted octanol–water partition coefficient (Wildman–Crippen LogP) is 3.71. The van der Waals surface area contributed by atoms with Crippen LogP contribution in [0.2, 0.25) is 0 Å². The zero-order chi connectivity index (χ0) is 15.7. The number of nitrogens with zero attached hydrogens (tertiary/aromatic N) is 2. The molecule has 0 radical (unpaired) electrons. The van der Waals surface area contributed by atoms with Crippen LogP contribution < -0.4 is 10.6 Å². The van der Waals surface area contributed by atoms with Gasteiger partial charge >= 0.3 is 0 Å². The Morgan fingerprint density at radius 1 is 1.27 bits per heavy atom. The number of halogens is 1. The molecule has 4 nitrogen and oxygen atoms in total. The van der Waals surface area contributed by atoms with Crippen LogP contribution in [0.15, 0.2) is 21.8 Å². The van der Waals surface area contributed by atoms with E-state index >= 15 is 0 Å². The first-order valence-electron chi connectivity index (χ1n) is 7.93. The molecule has 22 heavy (non-hydrogen) atoms. The van der Waals surface area contributed by atoms with Crippen LogP contribution in [0.5, 0.6) is 0 Å². The van der Waals surface area contributed by atoms with Gasteiger partial charge in [0, 0.05) is 12.6 Å². The second-order valence-electron chi connectivity index (χ2n) is 5.31. The minimum atomic E-state index is 0. The Hall–Kier alpha value is -0.340. The quantitative estimate of drug-likeness (QED) is 0.369. The zero-order valence-electron chi connectivity index (χ0n) is 14.4. The van der Waals surface area contributed by atoms with Gasteiger partial charge in [-0.05, 0) is 56.3 Å². The molecule has 0 aliphatic rings. The van der Waals surface area contributed by atoms with Gasteiger partial charge in [-0.2, -0.15) is 11.3 Å². The molecule has 1 atom stereocenters. The van der Waals surface area contributed by atoms with Gasteiger partial charge in [0.25, 0.3) is 0 Å². The minimum Gasteiger partial charge on any atom is -0.357 e. The van der Waals surface area contributed by atoms with Gasteiger partial charge in [0.1, 0.15) is 0 Å². The van der Waals surface area contributed by atoms with Crippen molar-refractivity contribution in [3.8, 4) is 0 Å². The van der Waals surface area contributed by atoms with Crippen LogP contribution >= 0.6 is 35.3 Å². The average molecular weight is 438 g/mol. The summed E-state index contributed by atoms with van der Waals surface area (Å²) in [6, 6.07) is 2.95. The van der Waals surface area contributed by atoms with E-state index in [9.17, 15) is 0 Å². The van der Waals surface area contributed by atoms with Crippen molar-refractivity contribution in [3.63, 3.8) is 0 Å². The molecule has 0 aliphatic heterocycles. The van der Waals surface area contributed by atoms with Gasteiger partial charge < -0.3 is 10.6 Å². The molecule has 2 N–H and O–H groups in total. The lowest BCUT2D eigenvalue weighted by molar-refractivity contribution is 0.224. The lowest BCUT2D eigenvalue weighted by atomic mass is 10.1. The molecule has 0 fully saturated rings. The highest BCUT2D eigenvalue weighted by Gasteiger charge is 2.18. The highest BCUT2D eigenvalue weighted by atomic mass is 127. The molecule has 128 valence electrons. The van der Waals surface area contributed by atoms with Crippen molar-refractivity contribution < 1.29 is 0 Å². The molecule has 0 bridgehead atoms. The van der Waals surface area contributed by atoms with E-state index in [2.05, 4.69) is 67.0 Å². The highest BCUT2D eigenvalue weighted by molar-refractivity contribution is 14.0. The van der Waals surface area contributed by atoms with Crippen molar-refractivity contribution >= 4 is 41.3 Å². The Morgan fingerprint density at radius 2 is 1.95 bits per heavy atom. The summed E-state index contributed by atoms with van der Waals surface area (Å²) in [6.45, 7) is 14.5. The predicted molar refractivity (Wildman–Crippen MR) is 110 cm³/mol. The fraction of sp³-hybridized carbons (Fsp3) is 0.688. The first-order valence-corrected chi connectivity index (χ1v) is 8.87. The van der Waals surface area contributed by atoms with Crippen molar-refractivity contribution in [2.45, 2.75) is 46.7 Å². The Morgan fingerprint density at radius 3 is 2.41 bits per heavy atom. The number of nitrogens with one attached hydrogen (secondary N) is 2. The molecule has 0 aromatic carbocycles. The van der Waals surface area contributed by atoms with E-state index in [-0.39, 0.29) is 24.0 Å². The van der Waals surface area contributed by atoms with E-state index < -0.39 is 0 Å². The Balaban J connectivity index is 0.00000441. The van der Waals surface area contributed by atoms with E-state index in [1.54, 1.807) is 11.3 Å². The van der Waals surface area contributed by atoms with E-state index in [1.165, 1.54) is 5.56 Å². The van der Waals surface area contributed by atoms with Gasteiger partial charge in [0.15, 0.2) is 5.96 Å². The van der Waals surface area contributed by atoms with Crippen LogP contribution in [0.4, 0.5) is 0 Å². The van der Waals surface area contributed by atoms with Crippen molar-refractivity contribution in [1.29, 1.82) is 0 Å². The molecule has 6 heteroatoms. The lowest BCUT2D eigenvalue weighted by Gasteiger charge is -2.28. The molecule has 1 unspecified atom stereocenters. The molecule has 0 saturated heterocycles. The van der Waals surface area contributed by atoms with Crippen LogP contribution in [0, 0.1) is 0 Å². The van der Waals surface area contributed by atoms with E-state index in [4.69, 9.17) is 4.99 Å². The van der Waals surface area contributed by atoms with Crippen molar-refractivity contribution in [2.24, 2.45) is 4.99 Å². The number of likely N-dealkylation sites (N-methyl/N-ethyl adjacent to an activating group) is 1. The summed E-state index contributed by atoms with van der Waals surface area (Å²) < 4.78 is 0. The molecule has 1 aromatic heterocycles. The second-order valence-corrected chi connectivity index (χ2v) is 6.09. The minimum absolute atomic E-state index is 0. The first kappa shape index (κ1) is 21.7. The van der Waals surface area contributed by atoms with Gasteiger partial charge in [-0.15, -0.1) is 24.0 Å². The molecule has 1 rings (SSSR count). The number of guanidine groups is 1. The summed E-state index contributed by atoms with van der Waals surface area (Å²) >= 11 is 1.76. The molecule has 0 spiro atoms. The van der Waals surface area contributed by atoms with Crippen molar-refractivity contribution in [3.05, 3.63) is 22.4 Å². The van der Waals surface area contributed by atoms with Gasteiger partial charge in [-0.3, -0.25) is 9.89 Å². The summed E-state index contributed by atoms with van der Waals surface area (Å²) in [5.41, 5.74) is 1.37. The number of rotatable bonds is 8. The van der Waals surface area contributed by atoms with Crippen LogP contribution in [0.1, 0.15) is 46.2 Å². The number of hydrogen-bond acceptors (Lipinski definition) is 3. The van der Waals surface area contributed by atoms with Gasteiger partial charge in [-0.1, -0.05) is 13.8 Å².